The number of piperidine rings is 1. The Labute approximate surface area is 168 Å². The highest BCUT2D eigenvalue weighted by molar-refractivity contribution is 7.91. The molecule has 1 aliphatic rings. The summed E-state index contributed by atoms with van der Waals surface area (Å²) in [4.78, 5) is 4.54. The molecular formula is C19H19Cl2N3O2S. The molecule has 1 aromatic carbocycles. The second kappa shape index (κ2) is 7.43. The molecule has 8 heteroatoms. The van der Waals surface area contributed by atoms with Crippen LogP contribution in [0.15, 0.2) is 52.5 Å². The summed E-state index contributed by atoms with van der Waals surface area (Å²) in [5.41, 5.74) is 0.757. The Morgan fingerprint density at radius 3 is 2.81 bits per heavy atom. The molecule has 0 unspecified atom stereocenters. The van der Waals surface area contributed by atoms with Crippen molar-refractivity contribution in [1.29, 1.82) is 0 Å². The lowest BCUT2D eigenvalue weighted by molar-refractivity contribution is 0.366. The van der Waals surface area contributed by atoms with Gasteiger partial charge in [-0.2, -0.15) is 0 Å². The summed E-state index contributed by atoms with van der Waals surface area (Å²) >= 11 is 12.1. The Bertz CT molecular complexity index is 1090. The van der Waals surface area contributed by atoms with Crippen LogP contribution in [0.4, 0.5) is 0 Å². The van der Waals surface area contributed by atoms with Crippen LogP contribution in [0.1, 0.15) is 19.3 Å². The van der Waals surface area contributed by atoms with Crippen LogP contribution in [-0.2, 0) is 16.4 Å². The first-order chi connectivity index (χ1) is 12.9. The van der Waals surface area contributed by atoms with Crippen LogP contribution in [0.5, 0.6) is 0 Å². The zero-order chi connectivity index (χ0) is 19.0. The Balaban J connectivity index is 1.83. The Morgan fingerprint density at radius 2 is 2.07 bits per heavy atom. The van der Waals surface area contributed by atoms with Crippen LogP contribution >= 0.6 is 23.2 Å². The first kappa shape index (κ1) is 18.7. The fourth-order valence-corrected chi connectivity index (χ4v) is 5.50. The van der Waals surface area contributed by atoms with Gasteiger partial charge in [0.1, 0.15) is 5.15 Å². The number of pyridine rings is 1. The number of hydrogen-bond acceptors (Lipinski definition) is 4. The topological polar surface area (TPSA) is 64.0 Å². The average Bonchev–Trinajstić information content (AvgIpc) is 3.01. The van der Waals surface area contributed by atoms with E-state index >= 15 is 0 Å². The van der Waals surface area contributed by atoms with Crippen LogP contribution in [0.25, 0.3) is 10.9 Å². The molecule has 27 heavy (non-hydrogen) atoms. The van der Waals surface area contributed by atoms with E-state index in [1.807, 2.05) is 4.57 Å². The van der Waals surface area contributed by atoms with Gasteiger partial charge >= 0.3 is 0 Å². The molecule has 0 amide bonds. The van der Waals surface area contributed by atoms with E-state index in [9.17, 15) is 8.42 Å². The normalized spacial score (nSPS) is 18.1. The SMILES string of the molecule is O=S(=O)(c1cccc(Cl)c1)c1cn(C[C@@H]2CCCCN2)c2cnc(Cl)cc12. The molecule has 1 saturated heterocycles. The molecule has 0 bridgehead atoms. The van der Waals surface area contributed by atoms with Crippen LogP contribution in [-0.4, -0.2) is 30.6 Å². The summed E-state index contributed by atoms with van der Waals surface area (Å²) in [6.07, 6.45) is 6.74. The van der Waals surface area contributed by atoms with Crippen LogP contribution < -0.4 is 5.32 Å². The summed E-state index contributed by atoms with van der Waals surface area (Å²) in [7, 11) is -3.74. The van der Waals surface area contributed by atoms with Gasteiger partial charge in [0, 0.05) is 29.2 Å². The number of fused-ring (bicyclic) bond motifs is 1. The van der Waals surface area contributed by atoms with Crippen LogP contribution in [0.2, 0.25) is 10.2 Å². The number of aromatic nitrogens is 2. The zero-order valence-electron chi connectivity index (χ0n) is 14.5. The number of halogens is 2. The lowest BCUT2D eigenvalue weighted by Crippen LogP contribution is -2.37. The standard InChI is InChI=1S/C19H19Cl2N3O2S/c20-13-4-3-6-15(8-13)27(25,26)18-12-24(11-14-5-1-2-7-22-14)17-10-23-19(21)9-16(17)18/h3-4,6,8-10,12,14,22H,1-2,5,7,11H2/t14-/m0/s1. The molecular weight excluding hydrogens is 405 g/mol. The minimum absolute atomic E-state index is 0.165. The number of hydrogen-bond donors (Lipinski definition) is 1. The number of rotatable bonds is 4. The Kier molecular flexibility index (Phi) is 5.16. The second-order valence-corrected chi connectivity index (χ2v) is 9.52. The third-order valence-electron chi connectivity index (χ3n) is 4.92. The van der Waals surface area contributed by atoms with Crippen molar-refractivity contribution in [2.75, 3.05) is 6.54 Å². The van der Waals surface area contributed by atoms with Gasteiger partial charge in [0.05, 0.1) is 21.5 Å². The molecule has 1 N–H and O–H groups in total. The molecule has 1 aliphatic heterocycles. The number of nitrogens with zero attached hydrogens (tertiary/aromatic N) is 2. The van der Waals surface area contributed by atoms with Crippen molar-refractivity contribution in [1.82, 2.24) is 14.9 Å². The second-order valence-electron chi connectivity index (χ2n) is 6.78. The third-order valence-corrected chi connectivity index (χ3v) is 7.14. The van der Waals surface area contributed by atoms with Crippen molar-refractivity contribution in [3.8, 4) is 0 Å². The summed E-state index contributed by atoms with van der Waals surface area (Å²) < 4.78 is 28.5. The van der Waals surface area contributed by atoms with E-state index < -0.39 is 9.84 Å². The minimum atomic E-state index is -3.74. The predicted octanol–water partition coefficient (Wildman–Crippen LogP) is 4.32. The van der Waals surface area contributed by atoms with E-state index in [2.05, 4.69) is 10.3 Å². The van der Waals surface area contributed by atoms with E-state index in [4.69, 9.17) is 23.2 Å². The van der Waals surface area contributed by atoms with Gasteiger partial charge in [-0.15, -0.1) is 0 Å². The lowest BCUT2D eigenvalue weighted by Gasteiger charge is -2.24. The smallest absolute Gasteiger partial charge is 0.208 e. The largest absolute Gasteiger partial charge is 0.343 e. The van der Waals surface area contributed by atoms with Gasteiger partial charge in [-0.25, -0.2) is 13.4 Å². The maximum atomic E-state index is 13.3. The van der Waals surface area contributed by atoms with Gasteiger partial charge in [-0.1, -0.05) is 35.7 Å². The predicted molar refractivity (Wildman–Crippen MR) is 107 cm³/mol. The maximum absolute atomic E-state index is 13.3. The molecule has 2 aromatic heterocycles. The van der Waals surface area contributed by atoms with E-state index in [1.54, 1.807) is 36.7 Å². The van der Waals surface area contributed by atoms with Crippen molar-refractivity contribution in [2.24, 2.45) is 0 Å². The molecule has 0 saturated carbocycles. The Hall–Kier alpha value is -1.60. The van der Waals surface area contributed by atoms with Crippen LogP contribution in [0, 0.1) is 0 Å². The van der Waals surface area contributed by atoms with Crippen molar-refractivity contribution >= 4 is 43.9 Å². The number of sulfone groups is 1. The Morgan fingerprint density at radius 1 is 1.22 bits per heavy atom. The molecule has 3 heterocycles. The first-order valence-electron chi connectivity index (χ1n) is 8.83. The van der Waals surface area contributed by atoms with Gasteiger partial charge in [-0.3, -0.25) is 0 Å². The van der Waals surface area contributed by atoms with Gasteiger partial charge in [0.25, 0.3) is 0 Å². The molecule has 1 atom stereocenters. The fraction of sp³-hybridized carbons (Fsp3) is 0.316. The third kappa shape index (κ3) is 3.72. The molecule has 4 rings (SSSR count). The van der Waals surface area contributed by atoms with Gasteiger partial charge in [-0.05, 0) is 43.7 Å². The average molecular weight is 424 g/mol. The van der Waals surface area contributed by atoms with Crippen molar-refractivity contribution in [3.05, 3.63) is 52.9 Å². The molecule has 1 fully saturated rings. The molecule has 5 nitrogen and oxygen atoms in total. The first-order valence-corrected chi connectivity index (χ1v) is 11.1. The summed E-state index contributed by atoms with van der Waals surface area (Å²) in [5.74, 6) is 0. The molecule has 0 spiro atoms. The number of benzene rings is 1. The van der Waals surface area contributed by atoms with Gasteiger partial charge in [0.15, 0.2) is 0 Å². The van der Waals surface area contributed by atoms with Crippen molar-refractivity contribution in [2.45, 2.75) is 41.6 Å². The van der Waals surface area contributed by atoms with Gasteiger partial charge < -0.3 is 9.88 Å². The zero-order valence-corrected chi connectivity index (χ0v) is 16.9. The van der Waals surface area contributed by atoms with Crippen molar-refractivity contribution in [3.63, 3.8) is 0 Å². The monoisotopic (exact) mass is 423 g/mol. The minimum Gasteiger partial charge on any atom is -0.343 e. The summed E-state index contributed by atoms with van der Waals surface area (Å²) in [5, 5.41) is 4.71. The highest BCUT2D eigenvalue weighted by Crippen LogP contribution is 2.32. The van der Waals surface area contributed by atoms with E-state index in [1.165, 1.54) is 18.9 Å². The molecule has 3 aromatic rings. The van der Waals surface area contributed by atoms with Crippen molar-refractivity contribution < 1.29 is 8.42 Å². The molecule has 0 aliphatic carbocycles. The van der Waals surface area contributed by atoms with E-state index in [-0.39, 0.29) is 14.9 Å². The summed E-state index contributed by atoms with van der Waals surface area (Å²) in [6, 6.07) is 8.22. The highest BCUT2D eigenvalue weighted by Gasteiger charge is 2.25. The highest BCUT2D eigenvalue weighted by atomic mass is 35.5. The van der Waals surface area contributed by atoms with Gasteiger partial charge in [0.2, 0.25) is 9.84 Å². The van der Waals surface area contributed by atoms with E-state index in [0.29, 0.717) is 23.0 Å². The van der Waals surface area contributed by atoms with Crippen LogP contribution in [0.3, 0.4) is 0 Å². The summed E-state index contributed by atoms with van der Waals surface area (Å²) in [6.45, 7) is 1.67. The molecule has 0 radical (unpaired) electrons. The number of nitrogens with one attached hydrogen (secondary N) is 1. The van der Waals surface area contributed by atoms with E-state index in [0.717, 1.165) is 18.5 Å². The quantitative estimate of drug-likeness (QED) is 0.634. The molecule has 142 valence electrons. The maximum Gasteiger partial charge on any atom is 0.208 e. The fourth-order valence-electron chi connectivity index (χ4n) is 3.57. The lowest BCUT2D eigenvalue weighted by atomic mass is 10.1.